The maximum Gasteiger partial charge on any atom is 0.269 e. The van der Waals surface area contributed by atoms with E-state index in [-0.39, 0.29) is 10.6 Å². The first-order chi connectivity index (χ1) is 12.4. The van der Waals surface area contributed by atoms with Gasteiger partial charge in [0, 0.05) is 37.3 Å². The zero-order valence-electron chi connectivity index (χ0n) is 14.2. The molecule has 0 bridgehead atoms. The maximum atomic E-state index is 13.1. The smallest absolute Gasteiger partial charge is 0.269 e. The number of nitro benzene ring substituents is 1. The van der Waals surface area contributed by atoms with Gasteiger partial charge < -0.3 is 10.1 Å². The summed E-state index contributed by atoms with van der Waals surface area (Å²) in [6.07, 6.45) is 0. The minimum absolute atomic E-state index is 0.0323. The molecule has 0 aliphatic carbocycles. The molecular formula is C17H19N3O5S. The van der Waals surface area contributed by atoms with Crippen LogP contribution in [0.25, 0.3) is 0 Å². The van der Waals surface area contributed by atoms with Crippen LogP contribution in [0.2, 0.25) is 0 Å². The van der Waals surface area contributed by atoms with Crippen LogP contribution in [0.5, 0.6) is 5.75 Å². The van der Waals surface area contributed by atoms with E-state index in [0.29, 0.717) is 25.4 Å². The van der Waals surface area contributed by atoms with Crippen molar-refractivity contribution in [2.45, 2.75) is 10.9 Å². The van der Waals surface area contributed by atoms with E-state index < -0.39 is 21.0 Å². The van der Waals surface area contributed by atoms with Crippen molar-refractivity contribution < 1.29 is 18.1 Å². The van der Waals surface area contributed by atoms with Gasteiger partial charge in [0.15, 0.2) is 0 Å². The second-order valence-corrected chi connectivity index (χ2v) is 7.72. The van der Waals surface area contributed by atoms with Crippen molar-refractivity contribution in [2.24, 2.45) is 0 Å². The fraction of sp³-hybridized carbons (Fsp3) is 0.294. The van der Waals surface area contributed by atoms with Crippen molar-refractivity contribution in [3.63, 3.8) is 0 Å². The van der Waals surface area contributed by atoms with E-state index >= 15 is 0 Å². The summed E-state index contributed by atoms with van der Waals surface area (Å²) in [5.74, 6) is 0.616. The minimum Gasteiger partial charge on any atom is -0.496 e. The summed E-state index contributed by atoms with van der Waals surface area (Å²) < 4.78 is 33.1. The topological polar surface area (TPSA) is 102 Å². The number of non-ortho nitro benzene ring substituents is 1. The number of benzene rings is 2. The largest absolute Gasteiger partial charge is 0.496 e. The molecule has 2 aromatic carbocycles. The number of methoxy groups -OCH3 is 1. The van der Waals surface area contributed by atoms with Crippen LogP contribution >= 0.6 is 0 Å². The van der Waals surface area contributed by atoms with Crippen molar-refractivity contribution in [3.05, 3.63) is 64.2 Å². The quantitative estimate of drug-likeness (QED) is 0.631. The van der Waals surface area contributed by atoms with Crippen LogP contribution in [0.1, 0.15) is 11.6 Å². The second kappa shape index (κ2) is 7.40. The fourth-order valence-corrected chi connectivity index (χ4v) is 4.66. The van der Waals surface area contributed by atoms with Crippen LogP contribution in [0.3, 0.4) is 0 Å². The second-order valence-electron chi connectivity index (χ2n) is 5.83. The molecule has 3 rings (SSSR count). The first-order valence-corrected chi connectivity index (χ1v) is 9.49. The van der Waals surface area contributed by atoms with Gasteiger partial charge >= 0.3 is 0 Å². The number of nitrogens with zero attached hydrogens (tertiary/aromatic N) is 2. The molecule has 0 aromatic heterocycles. The predicted molar refractivity (Wildman–Crippen MR) is 95.6 cm³/mol. The Hall–Kier alpha value is -2.49. The lowest BCUT2D eigenvalue weighted by Gasteiger charge is -2.36. The van der Waals surface area contributed by atoms with Gasteiger partial charge in [-0.1, -0.05) is 18.2 Å². The molecule has 0 saturated carbocycles. The number of ether oxygens (including phenoxy) is 1. The number of para-hydroxylation sites is 1. The van der Waals surface area contributed by atoms with Crippen LogP contribution in [0, 0.1) is 10.1 Å². The molecule has 1 aliphatic rings. The Balaban J connectivity index is 1.99. The van der Waals surface area contributed by atoms with E-state index in [1.54, 1.807) is 13.2 Å². The van der Waals surface area contributed by atoms with Gasteiger partial charge in [0.2, 0.25) is 10.0 Å². The highest BCUT2D eigenvalue weighted by atomic mass is 32.2. The number of hydrogen-bond donors (Lipinski definition) is 1. The zero-order chi connectivity index (χ0) is 18.7. The average Bonchev–Trinajstić information content (AvgIpc) is 2.68. The summed E-state index contributed by atoms with van der Waals surface area (Å²) >= 11 is 0. The van der Waals surface area contributed by atoms with Crippen molar-refractivity contribution >= 4 is 15.7 Å². The van der Waals surface area contributed by atoms with E-state index in [2.05, 4.69) is 5.32 Å². The molecule has 8 nitrogen and oxygen atoms in total. The molecular weight excluding hydrogens is 358 g/mol. The van der Waals surface area contributed by atoms with Gasteiger partial charge in [-0.2, -0.15) is 4.31 Å². The Morgan fingerprint density at radius 1 is 1.19 bits per heavy atom. The van der Waals surface area contributed by atoms with Gasteiger partial charge in [-0.05, 0) is 18.2 Å². The third-order valence-electron chi connectivity index (χ3n) is 4.35. The highest BCUT2D eigenvalue weighted by Crippen LogP contribution is 2.34. The SMILES string of the molecule is COc1ccccc1C1CNCCN1S(=O)(=O)c1ccc([N+](=O)[O-])cc1. The Labute approximate surface area is 151 Å². The van der Waals surface area contributed by atoms with Gasteiger partial charge in [-0.15, -0.1) is 0 Å². The van der Waals surface area contributed by atoms with E-state index in [9.17, 15) is 18.5 Å². The lowest BCUT2D eigenvalue weighted by atomic mass is 10.0. The molecule has 0 amide bonds. The van der Waals surface area contributed by atoms with E-state index in [0.717, 1.165) is 5.56 Å². The maximum absolute atomic E-state index is 13.1. The molecule has 26 heavy (non-hydrogen) atoms. The molecule has 1 atom stereocenters. The van der Waals surface area contributed by atoms with Crippen molar-refractivity contribution in [2.75, 3.05) is 26.7 Å². The normalized spacial score (nSPS) is 18.4. The zero-order valence-corrected chi connectivity index (χ0v) is 15.0. The van der Waals surface area contributed by atoms with E-state index in [4.69, 9.17) is 4.74 Å². The Kier molecular flexibility index (Phi) is 5.21. The third kappa shape index (κ3) is 3.41. The number of sulfonamides is 1. The minimum atomic E-state index is -3.81. The van der Waals surface area contributed by atoms with Crippen molar-refractivity contribution in [1.29, 1.82) is 0 Å². The molecule has 138 valence electrons. The lowest BCUT2D eigenvalue weighted by Crippen LogP contribution is -2.48. The third-order valence-corrected chi connectivity index (χ3v) is 6.27. The van der Waals surface area contributed by atoms with Crippen LogP contribution in [-0.4, -0.2) is 44.4 Å². The molecule has 1 unspecified atom stereocenters. The molecule has 0 radical (unpaired) electrons. The Bertz CT molecular complexity index is 899. The fourth-order valence-electron chi connectivity index (χ4n) is 3.06. The highest BCUT2D eigenvalue weighted by molar-refractivity contribution is 7.89. The number of piperazine rings is 1. The van der Waals surface area contributed by atoms with Crippen molar-refractivity contribution in [3.8, 4) is 5.75 Å². The van der Waals surface area contributed by atoms with Gasteiger partial charge in [-0.25, -0.2) is 8.42 Å². The summed E-state index contributed by atoms with van der Waals surface area (Å²) in [7, 11) is -2.27. The van der Waals surface area contributed by atoms with Gasteiger partial charge in [0.1, 0.15) is 5.75 Å². The predicted octanol–water partition coefficient (Wildman–Crippen LogP) is 1.94. The lowest BCUT2D eigenvalue weighted by molar-refractivity contribution is -0.384. The van der Waals surface area contributed by atoms with Crippen molar-refractivity contribution in [1.82, 2.24) is 9.62 Å². The molecule has 1 aliphatic heterocycles. The van der Waals surface area contributed by atoms with Gasteiger partial charge in [0.05, 0.1) is 23.0 Å². The summed E-state index contributed by atoms with van der Waals surface area (Å²) in [5, 5.41) is 14.0. The van der Waals surface area contributed by atoms with Crippen LogP contribution in [-0.2, 0) is 10.0 Å². The van der Waals surface area contributed by atoms with Crippen LogP contribution in [0.15, 0.2) is 53.4 Å². The molecule has 1 saturated heterocycles. The number of nitrogens with one attached hydrogen (secondary N) is 1. The molecule has 1 N–H and O–H groups in total. The van der Waals surface area contributed by atoms with Gasteiger partial charge in [-0.3, -0.25) is 10.1 Å². The van der Waals surface area contributed by atoms with E-state index in [1.807, 2.05) is 18.2 Å². The molecule has 1 fully saturated rings. The monoisotopic (exact) mass is 377 g/mol. The number of rotatable bonds is 5. The molecule has 9 heteroatoms. The average molecular weight is 377 g/mol. The highest BCUT2D eigenvalue weighted by Gasteiger charge is 2.35. The number of nitro groups is 1. The standard InChI is InChI=1S/C17H19N3O5S/c1-25-17-5-3-2-4-15(17)16-12-18-10-11-19(16)26(23,24)14-8-6-13(7-9-14)20(21)22/h2-9,16,18H,10-12H2,1H3. The van der Waals surface area contributed by atoms with E-state index in [1.165, 1.54) is 28.6 Å². The molecule has 2 aromatic rings. The Morgan fingerprint density at radius 2 is 1.88 bits per heavy atom. The summed E-state index contributed by atoms with van der Waals surface area (Å²) in [5.41, 5.74) is 0.623. The first kappa shape index (κ1) is 18.3. The first-order valence-electron chi connectivity index (χ1n) is 8.05. The summed E-state index contributed by atoms with van der Waals surface area (Å²) in [4.78, 5) is 10.3. The number of hydrogen-bond acceptors (Lipinski definition) is 6. The van der Waals surface area contributed by atoms with Gasteiger partial charge in [0.25, 0.3) is 5.69 Å². The summed E-state index contributed by atoms with van der Waals surface area (Å²) in [6.45, 7) is 1.27. The van der Waals surface area contributed by atoms with Crippen LogP contribution < -0.4 is 10.1 Å². The molecule has 1 heterocycles. The summed E-state index contributed by atoms with van der Waals surface area (Å²) in [6, 6.07) is 11.8. The Morgan fingerprint density at radius 3 is 2.54 bits per heavy atom. The molecule has 0 spiro atoms. The van der Waals surface area contributed by atoms with Crippen LogP contribution in [0.4, 0.5) is 5.69 Å².